The normalized spacial score (nSPS) is 10.8. The number of hydrogen-bond acceptors (Lipinski definition) is 2. The van der Waals surface area contributed by atoms with Crippen LogP contribution in [0.3, 0.4) is 0 Å². The molecule has 2 aromatic rings. The Morgan fingerprint density at radius 3 is 2.40 bits per heavy atom. The summed E-state index contributed by atoms with van der Waals surface area (Å²) in [5, 5.41) is 3.34. The smallest absolute Gasteiger partial charge is 0.124 e. The maximum absolute atomic E-state index is 13.0. The van der Waals surface area contributed by atoms with E-state index >= 15 is 0 Å². The van der Waals surface area contributed by atoms with Crippen molar-refractivity contribution in [2.75, 3.05) is 19.4 Å². The van der Waals surface area contributed by atoms with E-state index in [1.165, 1.54) is 17.7 Å². The molecule has 0 aliphatic carbocycles. The van der Waals surface area contributed by atoms with Crippen LogP contribution in [0.2, 0.25) is 0 Å². The molecule has 2 aromatic carbocycles. The van der Waals surface area contributed by atoms with Crippen molar-refractivity contribution in [2.45, 2.75) is 13.1 Å². The fraction of sp³-hybridized carbons (Fsp3) is 0.250. The van der Waals surface area contributed by atoms with Gasteiger partial charge in [-0.1, -0.05) is 34.1 Å². The van der Waals surface area contributed by atoms with E-state index in [2.05, 4.69) is 64.5 Å². The first-order valence-electron chi connectivity index (χ1n) is 6.46. The Labute approximate surface area is 127 Å². The molecule has 0 aliphatic rings. The second kappa shape index (κ2) is 6.86. The van der Waals surface area contributed by atoms with Crippen LogP contribution in [-0.2, 0) is 13.1 Å². The summed E-state index contributed by atoms with van der Waals surface area (Å²) >= 11 is 3.37. The number of nitrogens with zero attached hydrogens (tertiary/aromatic N) is 1. The van der Waals surface area contributed by atoms with Gasteiger partial charge in [-0.2, -0.15) is 0 Å². The van der Waals surface area contributed by atoms with Gasteiger partial charge in [-0.15, -0.1) is 0 Å². The first kappa shape index (κ1) is 15.0. The Bertz CT molecular complexity index is 567. The molecule has 106 valence electrons. The molecule has 0 fully saturated rings. The zero-order valence-corrected chi connectivity index (χ0v) is 13.2. The maximum Gasteiger partial charge on any atom is 0.124 e. The lowest BCUT2D eigenvalue weighted by Gasteiger charge is -2.11. The van der Waals surface area contributed by atoms with Crippen LogP contribution in [0.15, 0.2) is 46.9 Å². The van der Waals surface area contributed by atoms with Gasteiger partial charge in [0.15, 0.2) is 0 Å². The number of anilines is 1. The first-order chi connectivity index (χ1) is 9.54. The fourth-order valence-corrected chi connectivity index (χ4v) is 2.45. The Morgan fingerprint density at radius 1 is 1.10 bits per heavy atom. The van der Waals surface area contributed by atoms with Crippen LogP contribution in [0, 0.1) is 5.82 Å². The third-order valence-corrected chi connectivity index (χ3v) is 3.69. The van der Waals surface area contributed by atoms with Gasteiger partial charge in [-0.05, 0) is 49.5 Å². The van der Waals surface area contributed by atoms with Gasteiger partial charge in [0.05, 0.1) is 0 Å². The largest absolute Gasteiger partial charge is 0.381 e. The quantitative estimate of drug-likeness (QED) is 0.877. The molecule has 0 spiro atoms. The molecule has 0 heterocycles. The third kappa shape index (κ3) is 4.32. The van der Waals surface area contributed by atoms with Crippen molar-refractivity contribution < 1.29 is 4.39 Å². The zero-order chi connectivity index (χ0) is 14.5. The van der Waals surface area contributed by atoms with Gasteiger partial charge in [0, 0.05) is 23.2 Å². The van der Waals surface area contributed by atoms with Crippen LogP contribution in [0.1, 0.15) is 11.1 Å². The van der Waals surface area contributed by atoms with Gasteiger partial charge < -0.3 is 10.2 Å². The molecular weight excluding hydrogens is 319 g/mol. The van der Waals surface area contributed by atoms with E-state index in [9.17, 15) is 4.39 Å². The van der Waals surface area contributed by atoms with E-state index in [-0.39, 0.29) is 5.82 Å². The minimum absolute atomic E-state index is 0.228. The van der Waals surface area contributed by atoms with Crippen LogP contribution < -0.4 is 5.32 Å². The lowest BCUT2D eigenvalue weighted by molar-refractivity contribution is 0.402. The van der Waals surface area contributed by atoms with Crippen LogP contribution in [0.25, 0.3) is 0 Å². The van der Waals surface area contributed by atoms with Crippen LogP contribution in [0.4, 0.5) is 10.1 Å². The molecule has 0 aromatic heterocycles. The van der Waals surface area contributed by atoms with Gasteiger partial charge in [-0.3, -0.25) is 0 Å². The van der Waals surface area contributed by atoms with Crippen molar-refractivity contribution in [3.05, 3.63) is 63.9 Å². The molecule has 2 rings (SSSR count). The molecule has 0 saturated heterocycles. The van der Waals surface area contributed by atoms with Gasteiger partial charge in [0.25, 0.3) is 0 Å². The summed E-state index contributed by atoms with van der Waals surface area (Å²) in [6.07, 6.45) is 0. The molecule has 0 bridgehead atoms. The predicted molar refractivity (Wildman–Crippen MR) is 85.3 cm³/mol. The molecule has 0 saturated carbocycles. The lowest BCUT2D eigenvalue weighted by atomic mass is 10.2. The first-order valence-corrected chi connectivity index (χ1v) is 7.25. The highest BCUT2D eigenvalue weighted by molar-refractivity contribution is 9.10. The molecule has 0 atom stereocenters. The summed E-state index contributed by atoms with van der Waals surface area (Å²) in [5.41, 5.74) is 3.37. The van der Waals surface area contributed by atoms with Crippen molar-refractivity contribution in [3.8, 4) is 0 Å². The van der Waals surface area contributed by atoms with Crippen LogP contribution >= 0.6 is 15.9 Å². The number of hydrogen-bond donors (Lipinski definition) is 1. The molecule has 1 N–H and O–H groups in total. The summed E-state index contributed by atoms with van der Waals surface area (Å²) in [4.78, 5) is 2.14. The third-order valence-electron chi connectivity index (χ3n) is 2.95. The average molecular weight is 337 g/mol. The van der Waals surface area contributed by atoms with Gasteiger partial charge in [0.2, 0.25) is 0 Å². The molecule has 2 nitrogen and oxygen atoms in total. The Kier molecular flexibility index (Phi) is 5.15. The Hall–Kier alpha value is -1.39. The average Bonchev–Trinajstić information content (AvgIpc) is 2.39. The number of halogens is 2. The molecule has 4 heteroatoms. The summed E-state index contributed by atoms with van der Waals surface area (Å²) in [6.45, 7) is 1.59. The Morgan fingerprint density at radius 2 is 1.80 bits per heavy atom. The molecule has 0 radical (unpaired) electrons. The van der Waals surface area contributed by atoms with E-state index < -0.39 is 0 Å². The summed E-state index contributed by atoms with van der Waals surface area (Å²) in [7, 11) is 4.11. The van der Waals surface area contributed by atoms with Crippen molar-refractivity contribution in [1.82, 2.24) is 4.90 Å². The molecular formula is C16H18BrFN2. The number of nitrogens with one attached hydrogen (secondary N) is 1. The predicted octanol–water partition coefficient (Wildman–Crippen LogP) is 4.26. The highest BCUT2D eigenvalue weighted by Crippen LogP contribution is 2.19. The van der Waals surface area contributed by atoms with E-state index in [1.807, 2.05) is 0 Å². The fourth-order valence-electron chi connectivity index (χ4n) is 1.96. The van der Waals surface area contributed by atoms with Gasteiger partial charge in [-0.25, -0.2) is 4.39 Å². The van der Waals surface area contributed by atoms with E-state index in [1.54, 1.807) is 6.07 Å². The monoisotopic (exact) mass is 336 g/mol. The molecule has 20 heavy (non-hydrogen) atoms. The minimum atomic E-state index is -0.228. The van der Waals surface area contributed by atoms with Crippen LogP contribution in [0.5, 0.6) is 0 Å². The second-order valence-electron chi connectivity index (χ2n) is 5.02. The molecule has 0 amide bonds. The van der Waals surface area contributed by atoms with E-state index in [0.717, 1.165) is 22.3 Å². The standard InChI is InChI=1S/C16H18BrFN2/c1-20(2)11-12-3-7-15(8-4-12)19-10-13-5-6-14(18)9-16(13)17/h3-9,19H,10-11H2,1-2H3. The van der Waals surface area contributed by atoms with Gasteiger partial charge in [0.1, 0.15) is 5.82 Å². The van der Waals surface area contributed by atoms with E-state index in [0.29, 0.717) is 6.54 Å². The van der Waals surface area contributed by atoms with E-state index in [4.69, 9.17) is 0 Å². The number of rotatable bonds is 5. The second-order valence-corrected chi connectivity index (χ2v) is 5.88. The summed E-state index contributed by atoms with van der Waals surface area (Å²) < 4.78 is 13.8. The maximum atomic E-state index is 13.0. The summed E-state index contributed by atoms with van der Waals surface area (Å²) in [6, 6.07) is 13.1. The molecule has 0 unspecified atom stereocenters. The van der Waals surface area contributed by atoms with Gasteiger partial charge >= 0.3 is 0 Å². The zero-order valence-electron chi connectivity index (χ0n) is 11.7. The van der Waals surface area contributed by atoms with Crippen molar-refractivity contribution >= 4 is 21.6 Å². The topological polar surface area (TPSA) is 15.3 Å². The SMILES string of the molecule is CN(C)Cc1ccc(NCc2ccc(F)cc2Br)cc1. The van der Waals surface area contributed by atoms with Crippen LogP contribution in [-0.4, -0.2) is 19.0 Å². The lowest BCUT2D eigenvalue weighted by Crippen LogP contribution is -2.10. The van der Waals surface area contributed by atoms with Crippen molar-refractivity contribution in [1.29, 1.82) is 0 Å². The number of benzene rings is 2. The molecule has 0 aliphatic heterocycles. The highest BCUT2D eigenvalue weighted by atomic mass is 79.9. The Balaban J connectivity index is 1.96. The van der Waals surface area contributed by atoms with Crippen molar-refractivity contribution in [2.24, 2.45) is 0 Å². The van der Waals surface area contributed by atoms with Crippen molar-refractivity contribution in [3.63, 3.8) is 0 Å². The summed E-state index contributed by atoms with van der Waals surface area (Å²) in [5.74, 6) is -0.228. The highest BCUT2D eigenvalue weighted by Gasteiger charge is 2.02. The minimum Gasteiger partial charge on any atom is -0.381 e.